The number of rotatable bonds is 5. The molecular formula is C24H18O7. The molecule has 0 bridgehead atoms. The van der Waals surface area contributed by atoms with Crippen LogP contribution >= 0.6 is 0 Å². The summed E-state index contributed by atoms with van der Waals surface area (Å²) in [5, 5.41) is 1.19. The van der Waals surface area contributed by atoms with Crippen LogP contribution in [-0.4, -0.2) is 12.6 Å². The lowest BCUT2D eigenvalue weighted by Crippen LogP contribution is -2.10. The van der Waals surface area contributed by atoms with E-state index in [1.807, 2.05) is 6.92 Å². The van der Waals surface area contributed by atoms with Crippen molar-refractivity contribution in [3.05, 3.63) is 69.4 Å². The molecule has 1 aliphatic carbocycles. The number of hydrogen-bond donors (Lipinski definition) is 0. The first-order valence-electron chi connectivity index (χ1n) is 10.0. The largest absolute Gasteiger partial charge is 0.490 e. The highest BCUT2D eigenvalue weighted by molar-refractivity contribution is 5.96. The van der Waals surface area contributed by atoms with Gasteiger partial charge in [-0.2, -0.15) is 0 Å². The highest BCUT2D eigenvalue weighted by atomic mass is 16.5. The molecule has 4 aromatic rings. The summed E-state index contributed by atoms with van der Waals surface area (Å²) in [6, 6.07) is 13.0. The molecule has 156 valence electrons. The molecule has 1 fully saturated rings. The first-order chi connectivity index (χ1) is 15.0. The van der Waals surface area contributed by atoms with Crippen molar-refractivity contribution in [2.24, 2.45) is 5.92 Å². The van der Waals surface area contributed by atoms with E-state index in [9.17, 15) is 14.4 Å². The molecule has 7 nitrogen and oxygen atoms in total. The van der Waals surface area contributed by atoms with Crippen LogP contribution < -0.4 is 20.7 Å². The van der Waals surface area contributed by atoms with Gasteiger partial charge in [-0.05, 0) is 44.0 Å². The summed E-state index contributed by atoms with van der Waals surface area (Å²) in [6.45, 7) is 2.28. The van der Waals surface area contributed by atoms with Gasteiger partial charge >= 0.3 is 17.2 Å². The average molecular weight is 418 g/mol. The molecule has 2 heterocycles. The molecule has 31 heavy (non-hydrogen) atoms. The average Bonchev–Trinajstić information content (AvgIpc) is 3.59. The van der Waals surface area contributed by atoms with Crippen molar-refractivity contribution >= 4 is 27.9 Å². The third-order valence-corrected chi connectivity index (χ3v) is 5.16. The van der Waals surface area contributed by atoms with E-state index in [0.29, 0.717) is 34.3 Å². The minimum atomic E-state index is -0.629. The monoisotopic (exact) mass is 418 g/mol. The number of benzene rings is 2. The first kappa shape index (κ1) is 19.1. The molecule has 0 aliphatic heterocycles. The highest BCUT2D eigenvalue weighted by Gasteiger charge is 2.31. The molecule has 5 rings (SSSR count). The highest BCUT2D eigenvalue weighted by Crippen LogP contribution is 2.34. The van der Waals surface area contributed by atoms with Gasteiger partial charge in [0.05, 0.1) is 18.1 Å². The van der Waals surface area contributed by atoms with Gasteiger partial charge in [0, 0.05) is 28.5 Å². The second kappa shape index (κ2) is 7.43. The maximum atomic E-state index is 12.8. The van der Waals surface area contributed by atoms with Crippen LogP contribution in [0, 0.1) is 5.92 Å². The SMILES string of the molecule is CCOc1cccc2cc(-c3cc(=O)oc4cc(OC(=O)C5CC5)ccc34)c(=O)oc12. The molecule has 0 atom stereocenters. The summed E-state index contributed by atoms with van der Waals surface area (Å²) in [7, 11) is 0. The van der Waals surface area contributed by atoms with Gasteiger partial charge in [-0.3, -0.25) is 4.79 Å². The Morgan fingerprint density at radius 1 is 1.03 bits per heavy atom. The Bertz CT molecular complexity index is 1440. The van der Waals surface area contributed by atoms with E-state index in [4.69, 9.17) is 18.3 Å². The molecule has 0 spiro atoms. The fraction of sp³-hybridized carbons (Fsp3) is 0.208. The normalized spacial score (nSPS) is 13.5. The third-order valence-electron chi connectivity index (χ3n) is 5.16. The van der Waals surface area contributed by atoms with Crippen LogP contribution in [0.3, 0.4) is 0 Å². The van der Waals surface area contributed by atoms with Crippen molar-refractivity contribution < 1.29 is 23.1 Å². The van der Waals surface area contributed by atoms with E-state index in [-0.39, 0.29) is 28.8 Å². The summed E-state index contributed by atoms with van der Waals surface area (Å²) in [6.07, 6.45) is 1.66. The Morgan fingerprint density at radius 3 is 2.65 bits per heavy atom. The Labute approximate surface area is 175 Å². The lowest BCUT2D eigenvalue weighted by Gasteiger charge is -2.09. The summed E-state index contributed by atoms with van der Waals surface area (Å²) >= 11 is 0. The van der Waals surface area contributed by atoms with Gasteiger partial charge in [-0.15, -0.1) is 0 Å². The van der Waals surface area contributed by atoms with Crippen molar-refractivity contribution in [3.63, 3.8) is 0 Å². The molecule has 7 heteroatoms. The van der Waals surface area contributed by atoms with E-state index in [2.05, 4.69) is 0 Å². The van der Waals surface area contributed by atoms with Crippen LogP contribution in [0.1, 0.15) is 19.8 Å². The van der Waals surface area contributed by atoms with Crippen LogP contribution in [0.5, 0.6) is 11.5 Å². The Hall–Kier alpha value is -3.87. The zero-order valence-electron chi connectivity index (χ0n) is 16.7. The first-order valence-corrected chi connectivity index (χ1v) is 10.0. The fourth-order valence-electron chi connectivity index (χ4n) is 3.52. The molecule has 0 N–H and O–H groups in total. The van der Waals surface area contributed by atoms with Crippen molar-refractivity contribution in [3.8, 4) is 22.6 Å². The van der Waals surface area contributed by atoms with Gasteiger partial charge in [0.25, 0.3) is 0 Å². The number of hydrogen-bond acceptors (Lipinski definition) is 7. The zero-order valence-corrected chi connectivity index (χ0v) is 16.7. The number of fused-ring (bicyclic) bond motifs is 2. The van der Waals surface area contributed by atoms with E-state index < -0.39 is 11.3 Å². The van der Waals surface area contributed by atoms with Crippen LogP contribution in [0.25, 0.3) is 33.1 Å². The summed E-state index contributed by atoms with van der Waals surface area (Å²) in [5.41, 5.74) is -0.0668. The second-order valence-corrected chi connectivity index (χ2v) is 7.39. The number of esters is 1. The molecule has 0 amide bonds. The number of carbonyl (C=O) groups excluding carboxylic acids is 1. The quantitative estimate of drug-likeness (QED) is 0.271. The maximum Gasteiger partial charge on any atom is 0.344 e. The summed E-state index contributed by atoms with van der Waals surface area (Å²) < 4.78 is 21.7. The summed E-state index contributed by atoms with van der Waals surface area (Å²) in [4.78, 5) is 37.0. The van der Waals surface area contributed by atoms with Crippen molar-refractivity contribution in [1.82, 2.24) is 0 Å². The van der Waals surface area contributed by atoms with Gasteiger partial charge in [0.2, 0.25) is 0 Å². The third kappa shape index (κ3) is 3.59. The van der Waals surface area contributed by atoms with Gasteiger partial charge in [0.15, 0.2) is 11.3 Å². The van der Waals surface area contributed by atoms with E-state index >= 15 is 0 Å². The minimum absolute atomic E-state index is 0.0575. The van der Waals surface area contributed by atoms with Crippen molar-refractivity contribution in [2.75, 3.05) is 6.61 Å². The van der Waals surface area contributed by atoms with Gasteiger partial charge in [0.1, 0.15) is 11.3 Å². The smallest absolute Gasteiger partial charge is 0.344 e. The topological polar surface area (TPSA) is 96.0 Å². The van der Waals surface area contributed by atoms with Crippen LogP contribution in [-0.2, 0) is 4.79 Å². The Morgan fingerprint density at radius 2 is 1.87 bits per heavy atom. The van der Waals surface area contributed by atoms with Crippen LogP contribution in [0.2, 0.25) is 0 Å². The second-order valence-electron chi connectivity index (χ2n) is 7.39. The standard InChI is InChI=1S/C24H18O7/c1-2-28-19-5-3-4-14-10-18(24(27)31-22(14)19)17-12-21(25)30-20-11-15(8-9-16(17)20)29-23(26)13-6-7-13/h3-5,8-13H,2,6-7H2,1H3. The van der Waals surface area contributed by atoms with Crippen LogP contribution in [0.4, 0.5) is 0 Å². The maximum absolute atomic E-state index is 12.8. The molecule has 0 unspecified atom stereocenters. The predicted molar refractivity (Wildman–Crippen MR) is 113 cm³/mol. The summed E-state index contributed by atoms with van der Waals surface area (Å²) in [5.74, 6) is 0.413. The van der Waals surface area contributed by atoms with Gasteiger partial charge in [-0.1, -0.05) is 12.1 Å². The predicted octanol–water partition coefficient (Wildman–Crippen LogP) is 4.28. The minimum Gasteiger partial charge on any atom is -0.490 e. The van der Waals surface area contributed by atoms with E-state index in [1.165, 1.54) is 12.1 Å². The Balaban J connectivity index is 1.64. The number of ether oxygens (including phenoxy) is 2. The molecule has 0 saturated heterocycles. The number of para-hydroxylation sites is 1. The fourth-order valence-corrected chi connectivity index (χ4v) is 3.52. The van der Waals surface area contributed by atoms with Crippen molar-refractivity contribution in [2.45, 2.75) is 19.8 Å². The molecule has 2 aromatic heterocycles. The lowest BCUT2D eigenvalue weighted by atomic mass is 10.0. The zero-order chi connectivity index (χ0) is 21.5. The van der Waals surface area contributed by atoms with Crippen molar-refractivity contribution in [1.29, 1.82) is 0 Å². The Kier molecular flexibility index (Phi) is 4.58. The molecular weight excluding hydrogens is 400 g/mol. The molecule has 1 saturated carbocycles. The van der Waals surface area contributed by atoms with Gasteiger partial charge in [-0.25, -0.2) is 9.59 Å². The molecule has 0 radical (unpaired) electrons. The lowest BCUT2D eigenvalue weighted by molar-refractivity contribution is -0.135. The van der Waals surface area contributed by atoms with Crippen LogP contribution in [0.15, 0.2) is 67.0 Å². The molecule has 2 aromatic carbocycles. The van der Waals surface area contributed by atoms with E-state index in [0.717, 1.165) is 12.8 Å². The van der Waals surface area contributed by atoms with E-state index in [1.54, 1.807) is 36.4 Å². The molecule has 1 aliphatic rings. The van der Waals surface area contributed by atoms with Gasteiger partial charge < -0.3 is 18.3 Å². The number of carbonyl (C=O) groups is 1.